The molecular weight excluding hydrogens is 332 g/mol. The third kappa shape index (κ3) is 4.51. The highest BCUT2D eigenvalue weighted by molar-refractivity contribution is 5.50. The van der Waals surface area contributed by atoms with Crippen LogP contribution in [0.3, 0.4) is 0 Å². The van der Waals surface area contributed by atoms with Gasteiger partial charge in [-0.2, -0.15) is 0 Å². The molecule has 3 nitrogen and oxygen atoms in total. The summed E-state index contributed by atoms with van der Waals surface area (Å²) in [6.45, 7) is 17.7. The Morgan fingerprint density at radius 1 is 0.926 bits per heavy atom. The molecule has 0 spiro atoms. The first kappa shape index (κ1) is 20.7. The molecule has 0 amide bonds. The molecule has 0 radical (unpaired) electrons. The van der Waals surface area contributed by atoms with Crippen molar-refractivity contribution in [3.8, 4) is 5.75 Å². The molecule has 3 rings (SSSR count). The van der Waals surface area contributed by atoms with Gasteiger partial charge in [0.25, 0.3) is 0 Å². The van der Waals surface area contributed by atoms with E-state index in [1.165, 1.54) is 31.2 Å². The summed E-state index contributed by atoms with van der Waals surface area (Å²) in [4.78, 5) is 2.71. The third-order valence-electron chi connectivity index (χ3n) is 6.48. The molecule has 2 fully saturated rings. The van der Waals surface area contributed by atoms with Crippen molar-refractivity contribution in [2.45, 2.75) is 84.1 Å². The lowest BCUT2D eigenvalue weighted by Crippen LogP contribution is -2.46. The van der Waals surface area contributed by atoms with Crippen LogP contribution >= 0.6 is 0 Å². The van der Waals surface area contributed by atoms with Gasteiger partial charge in [0.1, 0.15) is 5.75 Å². The van der Waals surface area contributed by atoms with E-state index in [-0.39, 0.29) is 10.8 Å². The lowest BCUT2D eigenvalue weighted by Gasteiger charge is -2.40. The lowest BCUT2D eigenvalue weighted by molar-refractivity contribution is 0.125. The van der Waals surface area contributed by atoms with Gasteiger partial charge in [0, 0.05) is 32.2 Å². The molecule has 0 aromatic heterocycles. The molecule has 2 N–H and O–H groups in total. The minimum Gasteiger partial charge on any atom is -0.507 e. The van der Waals surface area contributed by atoms with Crippen LogP contribution in [0.15, 0.2) is 12.1 Å². The summed E-state index contributed by atoms with van der Waals surface area (Å²) in [6.07, 6.45) is 5.41. The van der Waals surface area contributed by atoms with Crippen LogP contribution in [-0.2, 0) is 10.8 Å². The fourth-order valence-electron chi connectivity index (χ4n) is 4.99. The predicted octanol–water partition coefficient (Wildman–Crippen LogP) is 5.12. The monoisotopic (exact) mass is 372 g/mol. The van der Waals surface area contributed by atoms with Crippen LogP contribution < -0.4 is 5.32 Å². The Hall–Kier alpha value is -1.06. The Labute approximate surface area is 166 Å². The smallest absolute Gasteiger partial charge is 0.123 e. The number of phenols is 1. The zero-order valence-electron chi connectivity index (χ0n) is 18.4. The van der Waals surface area contributed by atoms with Gasteiger partial charge < -0.3 is 10.4 Å². The first-order chi connectivity index (χ1) is 12.6. The number of rotatable bonds is 3. The van der Waals surface area contributed by atoms with E-state index in [1.807, 2.05) is 0 Å². The first-order valence-corrected chi connectivity index (χ1v) is 10.9. The zero-order chi connectivity index (χ0) is 19.8. The van der Waals surface area contributed by atoms with E-state index in [9.17, 15) is 5.11 Å². The van der Waals surface area contributed by atoms with E-state index in [1.54, 1.807) is 0 Å². The van der Waals surface area contributed by atoms with Crippen molar-refractivity contribution < 1.29 is 5.11 Å². The zero-order valence-corrected chi connectivity index (χ0v) is 18.4. The molecule has 0 bridgehead atoms. The van der Waals surface area contributed by atoms with Crippen LogP contribution in [0.2, 0.25) is 0 Å². The van der Waals surface area contributed by atoms with E-state index in [4.69, 9.17) is 0 Å². The maximum Gasteiger partial charge on any atom is 0.123 e. The second kappa shape index (κ2) is 7.75. The van der Waals surface area contributed by atoms with Crippen LogP contribution in [0.1, 0.15) is 90.0 Å². The third-order valence-corrected chi connectivity index (χ3v) is 6.48. The summed E-state index contributed by atoms with van der Waals surface area (Å²) in [7, 11) is 0. The van der Waals surface area contributed by atoms with E-state index in [2.05, 4.69) is 63.9 Å². The molecule has 152 valence electrons. The summed E-state index contributed by atoms with van der Waals surface area (Å²) in [5.41, 5.74) is 3.50. The highest BCUT2D eigenvalue weighted by atomic mass is 16.3. The molecule has 1 aromatic carbocycles. The molecule has 1 aromatic rings. The van der Waals surface area contributed by atoms with Crippen molar-refractivity contribution in [2.75, 3.05) is 26.2 Å². The van der Waals surface area contributed by atoms with Crippen LogP contribution in [0.25, 0.3) is 0 Å². The maximum atomic E-state index is 11.1. The molecular formula is C24H40N2O. The second-order valence-electron chi connectivity index (χ2n) is 10.7. The Morgan fingerprint density at radius 2 is 1.41 bits per heavy atom. The predicted molar refractivity (Wildman–Crippen MR) is 115 cm³/mol. The summed E-state index contributed by atoms with van der Waals surface area (Å²) < 4.78 is 0. The van der Waals surface area contributed by atoms with Gasteiger partial charge >= 0.3 is 0 Å². The minimum absolute atomic E-state index is 0.0657. The average molecular weight is 373 g/mol. The number of nitrogens with one attached hydrogen (secondary N) is 1. The number of aromatic hydroxyl groups is 1. The fraction of sp³-hybridized carbons (Fsp3) is 0.750. The number of benzene rings is 1. The van der Waals surface area contributed by atoms with Gasteiger partial charge in [0.05, 0.1) is 0 Å². The molecule has 1 atom stereocenters. The largest absolute Gasteiger partial charge is 0.507 e. The molecule has 1 heterocycles. The van der Waals surface area contributed by atoms with Gasteiger partial charge in [0.15, 0.2) is 0 Å². The molecule has 27 heavy (non-hydrogen) atoms. The summed E-state index contributed by atoms with van der Waals surface area (Å²) in [5, 5.41) is 14.6. The Morgan fingerprint density at radius 3 is 1.85 bits per heavy atom. The van der Waals surface area contributed by atoms with E-state index in [0.29, 0.717) is 11.8 Å². The molecule has 1 aliphatic heterocycles. The van der Waals surface area contributed by atoms with Crippen molar-refractivity contribution in [1.29, 1.82) is 0 Å². The Kier molecular flexibility index (Phi) is 5.93. The van der Waals surface area contributed by atoms with Gasteiger partial charge in [-0.15, -0.1) is 0 Å². The van der Waals surface area contributed by atoms with Crippen LogP contribution in [0.5, 0.6) is 5.75 Å². The summed E-state index contributed by atoms with van der Waals surface area (Å²) in [5.74, 6) is 1.25. The highest BCUT2D eigenvalue weighted by Gasteiger charge is 2.35. The van der Waals surface area contributed by atoms with E-state index >= 15 is 0 Å². The number of piperazine rings is 1. The van der Waals surface area contributed by atoms with Crippen molar-refractivity contribution in [3.63, 3.8) is 0 Å². The Balaban J connectivity index is 2.12. The van der Waals surface area contributed by atoms with Crippen molar-refractivity contribution >= 4 is 0 Å². The second-order valence-corrected chi connectivity index (χ2v) is 10.7. The average Bonchev–Trinajstić information content (AvgIpc) is 3.09. The number of nitrogens with zero attached hydrogens (tertiary/aromatic N) is 1. The van der Waals surface area contributed by atoms with Gasteiger partial charge in [-0.3, -0.25) is 4.90 Å². The van der Waals surface area contributed by atoms with Crippen molar-refractivity contribution in [2.24, 2.45) is 5.92 Å². The van der Waals surface area contributed by atoms with Crippen molar-refractivity contribution in [3.05, 3.63) is 28.8 Å². The minimum atomic E-state index is -0.0657. The fourth-order valence-corrected chi connectivity index (χ4v) is 4.99. The SMILES string of the molecule is CC(C)(C)c1cc([C@@H](C2CCCC2)N2CCNCC2)cc(C(C)(C)C)c1O. The molecule has 1 saturated heterocycles. The molecule has 1 aliphatic carbocycles. The molecule has 1 saturated carbocycles. The van der Waals surface area contributed by atoms with Gasteiger partial charge in [-0.1, -0.05) is 54.4 Å². The number of hydrogen-bond donors (Lipinski definition) is 2. The van der Waals surface area contributed by atoms with Gasteiger partial charge in [-0.25, -0.2) is 0 Å². The van der Waals surface area contributed by atoms with Gasteiger partial charge in [0.2, 0.25) is 0 Å². The quantitative estimate of drug-likeness (QED) is 0.772. The molecule has 2 aliphatic rings. The first-order valence-electron chi connectivity index (χ1n) is 10.9. The van der Waals surface area contributed by atoms with Crippen LogP contribution in [0, 0.1) is 5.92 Å². The van der Waals surface area contributed by atoms with Crippen LogP contribution in [0.4, 0.5) is 0 Å². The van der Waals surface area contributed by atoms with Crippen LogP contribution in [-0.4, -0.2) is 36.2 Å². The van der Waals surface area contributed by atoms with E-state index in [0.717, 1.165) is 43.2 Å². The maximum absolute atomic E-state index is 11.1. The normalized spacial score (nSPS) is 21.6. The number of phenolic OH excluding ortho intramolecular Hbond substituents is 1. The summed E-state index contributed by atoms with van der Waals surface area (Å²) in [6, 6.07) is 5.14. The number of hydrogen-bond acceptors (Lipinski definition) is 3. The topological polar surface area (TPSA) is 35.5 Å². The molecule has 0 unspecified atom stereocenters. The Bertz CT molecular complexity index is 606. The summed E-state index contributed by atoms with van der Waals surface area (Å²) >= 11 is 0. The highest BCUT2D eigenvalue weighted by Crippen LogP contribution is 2.45. The lowest BCUT2D eigenvalue weighted by atomic mass is 9.76. The van der Waals surface area contributed by atoms with Crippen molar-refractivity contribution in [1.82, 2.24) is 10.2 Å². The standard InChI is InChI=1S/C24H40N2O/c1-23(2,3)19-15-18(16-20(22(19)27)24(4,5)6)21(17-9-7-8-10-17)26-13-11-25-12-14-26/h15-17,21,25,27H,7-14H2,1-6H3/t21-/m1/s1. The van der Waals surface area contributed by atoms with E-state index < -0.39 is 0 Å². The van der Waals surface area contributed by atoms with Gasteiger partial charge in [-0.05, 0) is 58.4 Å². The molecule has 3 heteroatoms.